The van der Waals surface area contributed by atoms with Gasteiger partial charge in [-0.2, -0.15) is 11.8 Å². The molecule has 0 unspecified atom stereocenters. The van der Waals surface area contributed by atoms with Crippen LogP contribution in [0, 0.1) is 0 Å². The van der Waals surface area contributed by atoms with Crippen molar-refractivity contribution >= 4 is 11.8 Å². The minimum atomic E-state index is -0.725. The van der Waals surface area contributed by atoms with Crippen LogP contribution in [-0.4, -0.2) is 40.0 Å². The first-order valence-corrected chi connectivity index (χ1v) is 4.60. The van der Waals surface area contributed by atoms with E-state index >= 15 is 0 Å². The summed E-state index contributed by atoms with van der Waals surface area (Å²) < 4.78 is 0. The van der Waals surface area contributed by atoms with E-state index in [0.29, 0.717) is 6.42 Å². The predicted octanol–water partition coefficient (Wildman–Crippen LogP) is -0.829. The van der Waals surface area contributed by atoms with Crippen molar-refractivity contribution in [3.8, 4) is 0 Å². The summed E-state index contributed by atoms with van der Waals surface area (Å²) in [5, 5.41) is 18.5. The molecular weight excluding hydrogens is 150 g/mol. The van der Waals surface area contributed by atoms with Crippen molar-refractivity contribution in [3.63, 3.8) is 0 Å². The summed E-state index contributed by atoms with van der Waals surface area (Å²) in [6, 6.07) is -0.259. The number of hydrogen-bond acceptors (Lipinski definition) is 4. The first kappa shape index (κ1) is 8.33. The molecule has 3 nitrogen and oxygen atoms in total. The van der Waals surface area contributed by atoms with Crippen molar-refractivity contribution < 1.29 is 10.2 Å². The average Bonchev–Trinajstić information content (AvgIpc) is 2.17. The minimum absolute atomic E-state index is 0.213. The van der Waals surface area contributed by atoms with Gasteiger partial charge in [-0.25, -0.2) is 0 Å². The smallest absolute Gasteiger partial charge is 0.0960 e. The van der Waals surface area contributed by atoms with Crippen molar-refractivity contribution in [1.29, 1.82) is 0 Å². The van der Waals surface area contributed by atoms with Gasteiger partial charge < -0.3 is 15.9 Å². The van der Waals surface area contributed by atoms with Crippen LogP contribution in [0.3, 0.4) is 0 Å². The lowest BCUT2D eigenvalue weighted by atomic mass is 10.2. The van der Waals surface area contributed by atoms with Gasteiger partial charge >= 0.3 is 0 Å². The molecule has 60 valence electrons. The predicted molar refractivity (Wildman–Crippen MR) is 41.9 cm³/mol. The van der Waals surface area contributed by atoms with E-state index in [9.17, 15) is 5.11 Å². The van der Waals surface area contributed by atoms with E-state index in [0.717, 1.165) is 0 Å². The summed E-state index contributed by atoms with van der Waals surface area (Å²) in [5.74, 6) is 0. The quantitative estimate of drug-likeness (QED) is 0.472. The fourth-order valence-corrected chi connectivity index (χ4v) is 2.13. The van der Waals surface area contributed by atoms with E-state index in [1.807, 2.05) is 6.26 Å². The minimum Gasteiger partial charge on any atom is -0.390 e. The van der Waals surface area contributed by atoms with E-state index < -0.39 is 12.2 Å². The molecule has 1 saturated carbocycles. The van der Waals surface area contributed by atoms with Crippen molar-refractivity contribution in [2.45, 2.75) is 29.9 Å². The Kier molecular flexibility index (Phi) is 2.57. The molecule has 4 N–H and O–H groups in total. The molecule has 0 aromatic carbocycles. The lowest BCUT2D eigenvalue weighted by Gasteiger charge is -2.14. The summed E-state index contributed by atoms with van der Waals surface area (Å²) >= 11 is 1.60. The maximum Gasteiger partial charge on any atom is 0.0960 e. The first-order valence-electron chi connectivity index (χ1n) is 3.31. The zero-order chi connectivity index (χ0) is 7.72. The average molecular weight is 163 g/mol. The fraction of sp³-hybridized carbons (Fsp3) is 1.00. The zero-order valence-corrected chi connectivity index (χ0v) is 6.71. The van der Waals surface area contributed by atoms with Crippen LogP contribution in [0.5, 0.6) is 0 Å². The SMILES string of the molecule is CS[C@H]1C[C@H](O)[C@H](O)[C@@H]1N. The maximum atomic E-state index is 9.18. The Morgan fingerprint density at radius 2 is 2.10 bits per heavy atom. The third kappa shape index (κ3) is 1.29. The standard InChI is InChI=1S/C6H13NO2S/c1-10-4-2-3(8)6(9)5(4)7/h3-6,8-9H,2,7H2,1H3/t3-,4-,5+,6-/m0/s1. The Hall–Kier alpha value is 0.230. The number of thioether (sulfide) groups is 1. The van der Waals surface area contributed by atoms with Gasteiger partial charge in [-0.1, -0.05) is 0 Å². The van der Waals surface area contributed by atoms with Crippen LogP contribution in [0.25, 0.3) is 0 Å². The zero-order valence-electron chi connectivity index (χ0n) is 5.90. The molecule has 4 heteroatoms. The molecule has 0 amide bonds. The number of rotatable bonds is 1. The highest BCUT2D eigenvalue weighted by molar-refractivity contribution is 7.99. The Morgan fingerprint density at radius 1 is 1.50 bits per heavy atom. The second-order valence-electron chi connectivity index (χ2n) is 2.65. The largest absolute Gasteiger partial charge is 0.390 e. The van der Waals surface area contributed by atoms with Crippen molar-refractivity contribution in [3.05, 3.63) is 0 Å². The topological polar surface area (TPSA) is 66.5 Å². The lowest BCUT2D eigenvalue weighted by molar-refractivity contribution is 0.0364. The summed E-state index contributed by atoms with van der Waals surface area (Å²) in [6.07, 6.45) is 1.21. The molecule has 1 aliphatic carbocycles. The second-order valence-corrected chi connectivity index (χ2v) is 3.72. The number of aliphatic hydroxyl groups excluding tert-OH is 2. The highest BCUT2D eigenvalue weighted by Crippen LogP contribution is 2.27. The van der Waals surface area contributed by atoms with Gasteiger partial charge in [0.1, 0.15) is 0 Å². The number of hydrogen-bond donors (Lipinski definition) is 3. The van der Waals surface area contributed by atoms with Gasteiger partial charge in [0, 0.05) is 11.3 Å². The van der Waals surface area contributed by atoms with E-state index in [-0.39, 0.29) is 11.3 Å². The van der Waals surface area contributed by atoms with Crippen molar-refractivity contribution in [2.75, 3.05) is 6.26 Å². The summed E-state index contributed by atoms with van der Waals surface area (Å²) in [4.78, 5) is 0. The molecular formula is C6H13NO2S. The molecule has 10 heavy (non-hydrogen) atoms. The lowest BCUT2D eigenvalue weighted by Crippen LogP contribution is -2.39. The molecule has 1 aliphatic rings. The number of aliphatic hydroxyl groups is 2. The van der Waals surface area contributed by atoms with Crippen molar-refractivity contribution in [1.82, 2.24) is 0 Å². The van der Waals surface area contributed by atoms with E-state index in [2.05, 4.69) is 0 Å². The van der Waals surface area contributed by atoms with Crippen LogP contribution in [0.15, 0.2) is 0 Å². The molecule has 0 saturated heterocycles. The fourth-order valence-electron chi connectivity index (χ4n) is 1.26. The molecule has 0 aromatic heterocycles. The third-order valence-electron chi connectivity index (χ3n) is 1.99. The van der Waals surface area contributed by atoms with Crippen LogP contribution >= 0.6 is 11.8 Å². The molecule has 0 aliphatic heterocycles. The Labute approximate surface area is 64.6 Å². The molecule has 0 radical (unpaired) electrons. The molecule has 1 rings (SSSR count). The Balaban J connectivity index is 2.53. The van der Waals surface area contributed by atoms with E-state index in [1.165, 1.54) is 0 Å². The summed E-state index contributed by atoms with van der Waals surface area (Å²) in [7, 11) is 0. The first-order chi connectivity index (χ1) is 4.66. The third-order valence-corrected chi connectivity index (χ3v) is 3.11. The molecule has 1 fully saturated rings. The molecule has 0 bridgehead atoms. The molecule has 0 heterocycles. The van der Waals surface area contributed by atoms with E-state index in [4.69, 9.17) is 10.8 Å². The van der Waals surface area contributed by atoms with Crippen LogP contribution in [-0.2, 0) is 0 Å². The van der Waals surface area contributed by atoms with Gasteiger partial charge in [-0.05, 0) is 12.7 Å². The van der Waals surface area contributed by atoms with Gasteiger partial charge in [0.2, 0.25) is 0 Å². The Morgan fingerprint density at radius 3 is 2.30 bits per heavy atom. The second kappa shape index (κ2) is 3.09. The van der Waals surface area contributed by atoms with Gasteiger partial charge in [0.15, 0.2) is 0 Å². The maximum absolute atomic E-state index is 9.18. The van der Waals surface area contributed by atoms with Crippen molar-refractivity contribution in [2.24, 2.45) is 5.73 Å². The van der Waals surface area contributed by atoms with Crippen LogP contribution in [0.4, 0.5) is 0 Å². The van der Waals surface area contributed by atoms with Gasteiger partial charge in [0.25, 0.3) is 0 Å². The van der Waals surface area contributed by atoms with Gasteiger partial charge in [-0.3, -0.25) is 0 Å². The van der Waals surface area contributed by atoms with Crippen LogP contribution in [0.1, 0.15) is 6.42 Å². The molecule has 0 spiro atoms. The normalized spacial score (nSPS) is 48.0. The highest BCUT2D eigenvalue weighted by atomic mass is 32.2. The molecule has 0 aromatic rings. The van der Waals surface area contributed by atoms with Crippen LogP contribution < -0.4 is 5.73 Å². The Bertz CT molecular complexity index is 122. The van der Waals surface area contributed by atoms with Gasteiger partial charge in [-0.15, -0.1) is 0 Å². The van der Waals surface area contributed by atoms with Crippen LogP contribution in [0.2, 0.25) is 0 Å². The van der Waals surface area contributed by atoms with E-state index in [1.54, 1.807) is 11.8 Å². The summed E-state index contributed by atoms with van der Waals surface area (Å²) in [6.45, 7) is 0. The monoisotopic (exact) mass is 163 g/mol. The number of nitrogens with two attached hydrogens (primary N) is 1. The molecule has 4 atom stereocenters. The summed E-state index contributed by atoms with van der Waals surface area (Å²) in [5.41, 5.74) is 5.59. The van der Waals surface area contributed by atoms with Gasteiger partial charge in [0.05, 0.1) is 12.2 Å². The highest BCUT2D eigenvalue weighted by Gasteiger charge is 2.38.